The highest BCUT2D eigenvalue weighted by Gasteiger charge is 2.30. The second-order valence-corrected chi connectivity index (χ2v) is 9.33. The normalized spacial score (nSPS) is 10.5. The lowest BCUT2D eigenvalue weighted by Crippen LogP contribution is -2.14. The number of hydrogen-bond donors (Lipinski definition) is 0. The SMILES string of the molecule is CSSC.O=[N+]([O-])c1ccc(OS(=O)(=O)c2ccccc2)c([N+](=O)[O-])c1P. The Bertz CT molecular complexity index is 922. The average Bonchev–Trinajstić information content (AvgIpc) is 2.62. The van der Waals surface area contributed by atoms with E-state index in [1.165, 1.54) is 24.3 Å². The first-order valence-electron chi connectivity index (χ1n) is 6.93. The van der Waals surface area contributed by atoms with Crippen LogP contribution in [0.1, 0.15) is 0 Å². The van der Waals surface area contributed by atoms with Gasteiger partial charge in [0.1, 0.15) is 10.2 Å². The summed E-state index contributed by atoms with van der Waals surface area (Å²) in [4.78, 5) is 20.0. The van der Waals surface area contributed by atoms with Gasteiger partial charge < -0.3 is 4.18 Å². The summed E-state index contributed by atoms with van der Waals surface area (Å²) in [6, 6.07) is 8.84. The molecule has 0 aliphatic carbocycles. The van der Waals surface area contributed by atoms with Gasteiger partial charge in [0, 0.05) is 6.07 Å². The highest BCUT2D eigenvalue weighted by Crippen LogP contribution is 2.32. The molecule has 9 nitrogen and oxygen atoms in total. The van der Waals surface area contributed by atoms with E-state index in [0.717, 1.165) is 12.1 Å². The van der Waals surface area contributed by atoms with Crippen molar-refractivity contribution in [2.24, 2.45) is 0 Å². The molecule has 2 aromatic rings. The quantitative estimate of drug-likeness (QED) is 0.214. The Hall–Kier alpha value is -1.88. The van der Waals surface area contributed by atoms with Gasteiger partial charge in [0.15, 0.2) is 0 Å². The van der Waals surface area contributed by atoms with Gasteiger partial charge in [-0.2, -0.15) is 8.42 Å². The van der Waals surface area contributed by atoms with Crippen molar-refractivity contribution in [3.8, 4) is 5.75 Å². The summed E-state index contributed by atoms with van der Waals surface area (Å²) >= 11 is 0. The van der Waals surface area contributed by atoms with Crippen LogP contribution in [0, 0.1) is 20.2 Å². The fourth-order valence-corrected chi connectivity index (χ4v) is 3.15. The maximum atomic E-state index is 12.1. The van der Waals surface area contributed by atoms with E-state index in [4.69, 9.17) is 4.18 Å². The van der Waals surface area contributed by atoms with Crippen molar-refractivity contribution in [1.82, 2.24) is 0 Å². The lowest BCUT2D eigenvalue weighted by atomic mass is 10.2. The highest BCUT2D eigenvalue weighted by atomic mass is 33.1. The average molecular weight is 450 g/mol. The third-order valence-corrected chi connectivity index (χ3v) is 6.09. The van der Waals surface area contributed by atoms with Gasteiger partial charge in [0.25, 0.3) is 5.69 Å². The van der Waals surface area contributed by atoms with E-state index < -0.39 is 37.1 Å². The predicted octanol–water partition coefficient (Wildman–Crippen LogP) is 3.40. The Balaban J connectivity index is 0.000000828. The van der Waals surface area contributed by atoms with Gasteiger partial charge in [0.2, 0.25) is 5.75 Å². The molecule has 0 amide bonds. The highest BCUT2D eigenvalue weighted by molar-refractivity contribution is 8.76. The zero-order valence-corrected chi connectivity index (χ0v) is 17.7. The Morgan fingerprint density at radius 1 is 0.963 bits per heavy atom. The Labute approximate surface area is 165 Å². The zero-order chi connectivity index (χ0) is 20.6. The number of hydrogen-bond acceptors (Lipinski definition) is 9. The third-order valence-electron chi connectivity index (χ3n) is 2.93. The lowest BCUT2D eigenvalue weighted by Gasteiger charge is -2.08. The van der Waals surface area contributed by atoms with Gasteiger partial charge in [-0.05, 0) is 30.7 Å². The molecule has 0 N–H and O–H groups in total. The van der Waals surface area contributed by atoms with Crippen molar-refractivity contribution in [3.05, 3.63) is 62.7 Å². The molecule has 13 heteroatoms. The minimum atomic E-state index is -4.30. The lowest BCUT2D eigenvalue weighted by molar-refractivity contribution is -0.392. The summed E-state index contributed by atoms with van der Waals surface area (Å²) < 4.78 is 29.0. The van der Waals surface area contributed by atoms with E-state index in [0.29, 0.717) is 0 Å². The van der Waals surface area contributed by atoms with Crippen LogP contribution in [0.3, 0.4) is 0 Å². The largest absolute Gasteiger partial charge is 0.372 e. The number of nitrogens with zero attached hydrogens (tertiary/aromatic N) is 2. The molecule has 2 rings (SSSR count). The molecular weight excluding hydrogens is 435 g/mol. The Kier molecular flexibility index (Phi) is 8.97. The van der Waals surface area contributed by atoms with Gasteiger partial charge in [-0.15, -0.1) is 0 Å². The van der Waals surface area contributed by atoms with Crippen molar-refractivity contribution in [2.75, 3.05) is 12.5 Å². The molecular formula is C14H15N2O7PS3. The molecule has 0 aliphatic heterocycles. The van der Waals surface area contributed by atoms with Crippen LogP contribution in [-0.4, -0.2) is 30.8 Å². The van der Waals surface area contributed by atoms with Gasteiger partial charge in [-0.3, -0.25) is 20.2 Å². The van der Waals surface area contributed by atoms with Crippen molar-refractivity contribution < 1.29 is 22.4 Å². The van der Waals surface area contributed by atoms with E-state index in [2.05, 4.69) is 12.5 Å². The van der Waals surface area contributed by atoms with Crippen LogP contribution in [0.5, 0.6) is 5.75 Å². The first-order valence-corrected chi connectivity index (χ1v) is 11.9. The second kappa shape index (κ2) is 10.5. The minimum absolute atomic E-state index is 0.196. The van der Waals surface area contributed by atoms with Gasteiger partial charge in [-0.25, -0.2) is 0 Å². The van der Waals surface area contributed by atoms with Gasteiger partial charge in [-0.1, -0.05) is 49.0 Å². The van der Waals surface area contributed by atoms with Gasteiger partial charge in [0.05, 0.1) is 9.85 Å². The minimum Gasteiger partial charge on any atom is -0.372 e. The predicted molar refractivity (Wildman–Crippen MR) is 110 cm³/mol. The van der Waals surface area contributed by atoms with Crippen molar-refractivity contribution >= 4 is 57.6 Å². The summed E-state index contributed by atoms with van der Waals surface area (Å²) in [6.07, 6.45) is 4.12. The topological polar surface area (TPSA) is 130 Å². The first-order chi connectivity index (χ1) is 12.7. The van der Waals surface area contributed by atoms with E-state index in [1.54, 1.807) is 27.7 Å². The third kappa shape index (κ3) is 6.35. The van der Waals surface area contributed by atoms with E-state index in [-0.39, 0.29) is 10.2 Å². The maximum absolute atomic E-state index is 12.1. The fourth-order valence-electron chi connectivity index (χ4n) is 1.75. The fraction of sp³-hybridized carbons (Fsp3) is 0.143. The van der Waals surface area contributed by atoms with Crippen LogP contribution >= 0.6 is 30.8 Å². The Morgan fingerprint density at radius 2 is 1.52 bits per heavy atom. The van der Waals surface area contributed by atoms with Crippen LogP contribution in [0.2, 0.25) is 0 Å². The maximum Gasteiger partial charge on any atom is 0.339 e. The van der Waals surface area contributed by atoms with Crippen LogP contribution in [0.15, 0.2) is 47.4 Å². The van der Waals surface area contributed by atoms with Crippen molar-refractivity contribution in [1.29, 1.82) is 0 Å². The molecule has 0 heterocycles. The smallest absolute Gasteiger partial charge is 0.339 e. The molecule has 2 aromatic carbocycles. The molecule has 27 heavy (non-hydrogen) atoms. The summed E-state index contributed by atoms with van der Waals surface area (Å²) in [5, 5.41) is 21.6. The van der Waals surface area contributed by atoms with Crippen molar-refractivity contribution in [3.63, 3.8) is 0 Å². The molecule has 0 saturated heterocycles. The van der Waals surface area contributed by atoms with E-state index in [9.17, 15) is 28.6 Å². The second-order valence-electron chi connectivity index (χ2n) is 4.54. The molecule has 1 atom stereocenters. The molecule has 0 aliphatic rings. The van der Waals surface area contributed by atoms with Crippen LogP contribution in [0.4, 0.5) is 11.4 Å². The number of rotatable bonds is 6. The van der Waals surface area contributed by atoms with Crippen LogP contribution in [-0.2, 0) is 10.1 Å². The zero-order valence-electron chi connectivity index (χ0n) is 14.1. The molecule has 0 bridgehead atoms. The van der Waals surface area contributed by atoms with Crippen LogP contribution < -0.4 is 9.49 Å². The molecule has 146 valence electrons. The molecule has 0 aromatic heterocycles. The molecule has 0 saturated carbocycles. The number of nitro groups is 2. The monoisotopic (exact) mass is 450 g/mol. The number of nitro benzene ring substituents is 2. The standard InChI is InChI=1S/C12H9N2O7PS.C2H6S2/c15-13(16)9-6-7-10(11(12(9)22)14(17)18)21-23(19,20)8-4-2-1-3-5-8;1-3-4-2/h1-7H,22H2;1-2H3. The van der Waals surface area contributed by atoms with E-state index >= 15 is 0 Å². The van der Waals surface area contributed by atoms with Gasteiger partial charge >= 0.3 is 15.8 Å². The summed E-state index contributed by atoms with van der Waals surface area (Å²) in [5.41, 5.74) is -1.34. The first kappa shape index (κ1) is 23.2. The molecule has 0 spiro atoms. The molecule has 1 unspecified atom stereocenters. The van der Waals surface area contributed by atoms with Crippen molar-refractivity contribution in [2.45, 2.75) is 4.90 Å². The van der Waals surface area contributed by atoms with Crippen LogP contribution in [0.25, 0.3) is 0 Å². The summed E-state index contributed by atoms with van der Waals surface area (Å²) in [6.45, 7) is 0. The molecule has 0 fully saturated rings. The summed E-state index contributed by atoms with van der Waals surface area (Å²) in [5.74, 6) is -0.602. The Morgan fingerprint density at radius 3 is 1.96 bits per heavy atom. The summed E-state index contributed by atoms with van der Waals surface area (Å²) in [7, 11) is 1.10. The number of benzene rings is 2. The molecule has 0 radical (unpaired) electrons. The van der Waals surface area contributed by atoms with E-state index in [1.807, 2.05) is 9.24 Å².